The molecule has 0 saturated carbocycles. The van der Waals surface area contributed by atoms with Gasteiger partial charge in [-0.05, 0) is 59.7 Å². The number of hydrogen-bond donors (Lipinski definition) is 2. The molecule has 0 aliphatic carbocycles. The first kappa shape index (κ1) is 38.5. The van der Waals surface area contributed by atoms with Gasteiger partial charge in [0.25, 0.3) is 10.1 Å². The molecule has 1 atom stereocenters. The molecule has 15 heteroatoms. The average molecular weight is 701 g/mol. The Balaban J connectivity index is 2.17. The second-order valence-corrected chi connectivity index (χ2v) is 13.5. The first-order valence-electron chi connectivity index (χ1n) is 15.9. The van der Waals surface area contributed by atoms with Gasteiger partial charge in [-0.2, -0.15) is 8.42 Å². The Morgan fingerprint density at radius 1 is 0.917 bits per heavy atom. The number of ether oxygens (including phenoxy) is 2. The Kier molecular flexibility index (Phi) is 14.4. The van der Waals surface area contributed by atoms with Gasteiger partial charge in [0.2, 0.25) is 0 Å². The van der Waals surface area contributed by atoms with Crippen LogP contribution in [-0.4, -0.2) is 95.1 Å². The van der Waals surface area contributed by atoms with Gasteiger partial charge in [-0.3, -0.25) is 14.5 Å². The van der Waals surface area contributed by atoms with Crippen LogP contribution in [0.25, 0.3) is 0 Å². The lowest BCUT2D eigenvalue weighted by Gasteiger charge is -2.25. The van der Waals surface area contributed by atoms with E-state index in [4.69, 9.17) is 24.5 Å². The number of methoxy groups -OCH3 is 2. The fraction of sp³-hybridized carbons (Fsp3) is 0.485. The Bertz CT molecular complexity index is 1650. The van der Waals surface area contributed by atoms with Crippen LogP contribution in [0, 0.1) is 5.92 Å². The highest BCUT2D eigenvalue weighted by Crippen LogP contribution is 2.41. The van der Waals surface area contributed by atoms with Crippen LogP contribution < -0.4 is 24.6 Å². The van der Waals surface area contributed by atoms with Crippen LogP contribution in [0.4, 0.5) is 34.1 Å². The van der Waals surface area contributed by atoms with E-state index in [1.807, 2.05) is 31.2 Å². The fourth-order valence-electron chi connectivity index (χ4n) is 5.20. The van der Waals surface area contributed by atoms with Gasteiger partial charge in [0, 0.05) is 56.4 Å². The molecule has 1 aliphatic heterocycles. The molecule has 1 unspecified atom stereocenters. The molecule has 13 nitrogen and oxygen atoms in total. The van der Waals surface area contributed by atoms with E-state index in [1.54, 1.807) is 14.2 Å². The van der Waals surface area contributed by atoms with E-state index in [-0.39, 0.29) is 11.7 Å². The van der Waals surface area contributed by atoms with Crippen molar-refractivity contribution < 1.29 is 22.4 Å². The summed E-state index contributed by atoms with van der Waals surface area (Å²) >= 11 is 1.11. The molecule has 0 bridgehead atoms. The number of benzene rings is 2. The number of aliphatic imine (C=N–C) groups is 5. The molecule has 2 aromatic carbocycles. The van der Waals surface area contributed by atoms with E-state index in [1.165, 1.54) is 0 Å². The number of anilines is 3. The Morgan fingerprint density at radius 2 is 1.48 bits per heavy atom. The SMILES string of the molecule is C=Nc1cc(OC)c(N(CC)CC)cc1N=C1N=C(SCCS(=O)(=O)O)N=C(Nc2cc(N(CC)CC)c(OC)cc2N=C)CCC1C. The van der Waals surface area contributed by atoms with Crippen molar-refractivity contribution in [3.05, 3.63) is 24.3 Å². The predicted octanol–water partition coefficient (Wildman–Crippen LogP) is 7.01. The summed E-state index contributed by atoms with van der Waals surface area (Å²) in [7, 11) is -0.945. The molecule has 3 rings (SSSR count). The van der Waals surface area contributed by atoms with Gasteiger partial charge in [0.05, 0.1) is 54.1 Å². The summed E-state index contributed by atoms with van der Waals surface area (Å²) in [6.45, 7) is 20.9. The maximum atomic E-state index is 11.5. The summed E-state index contributed by atoms with van der Waals surface area (Å²) < 4.78 is 43.8. The summed E-state index contributed by atoms with van der Waals surface area (Å²) in [4.78, 5) is 27.4. The van der Waals surface area contributed by atoms with Gasteiger partial charge in [-0.25, -0.2) is 15.0 Å². The van der Waals surface area contributed by atoms with Gasteiger partial charge in [0.1, 0.15) is 23.2 Å². The molecule has 0 aromatic heterocycles. The van der Waals surface area contributed by atoms with E-state index in [9.17, 15) is 13.0 Å². The normalized spacial score (nSPS) is 15.9. The minimum atomic E-state index is -4.19. The van der Waals surface area contributed by atoms with Crippen LogP contribution in [0.1, 0.15) is 47.5 Å². The highest BCUT2D eigenvalue weighted by Gasteiger charge is 2.22. The first-order valence-corrected chi connectivity index (χ1v) is 18.5. The van der Waals surface area contributed by atoms with Crippen molar-refractivity contribution >= 4 is 86.3 Å². The van der Waals surface area contributed by atoms with Crippen LogP contribution in [0.3, 0.4) is 0 Å². The smallest absolute Gasteiger partial charge is 0.265 e. The molecule has 48 heavy (non-hydrogen) atoms. The van der Waals surface area contributed by atoms with Gasteiger partial charge in [0.15, 0.2) is 5.17 Å². The number of rotatable bonds is 15. The van der Waals surface area contributed by atoms with Crippen molar-refractivity contribution in [2.45, 2.75) is 47.5 Å². The molecule has 1 heterocycles. The second-order valence-electron chi connectivity index (χ2n) is 10.8. The second kappa shape index (κ2) is 18.0. The van der Waals surface area contributed by atoms with Gasteiger partial charge in [-0.15, -0.1) is 0 Å². The summed E-state index contributed by atoms with van der Waals surface area (Å²) in [5, 5.41) is 3.73. The molecule has 0 fully saturated rings. The molecule has 2 aromatic rings. The van der Waals surface area contributed by atoms with Crippen LogP contribution in [0.15, 0.2) is 49.2 Å². The predicted molar refractivity (Wildman–Crippen MR) is 204 cm³/mol. The average Bonchev–Trinajstić information content (AvgIpc) is 3.06. The highest BCUT2D eigenvalue weighted by molar-refractivity contribution is 8.14. The quantitative estimate of drug-likeness (QED) is 0.148. The molecule has 0 spiro atoms. The topological polar surface area (TPSA) is 153 Å². The molecule has 0 radical (unpaired) electrons. The minimum absolute atomic E-state index is 0.0400. The molecule has 1 aliphatic rings. The molecule has 0 amide bonds. The third kappa shape index (κ3) is 10.0. The summed E-state index contributed by atoms with van der Waals surface area (Å²) in [5.74, 6) is 1.93. The van der Waals surface area contributed by atoms with Crippen LogP contribution >= 0.6 is 11.8 Å². The molecule has 262 valence electrons. The summed E-state index contributed by atoms with van der Waals surface area (Å²) in [6, 6.07) is 7.54. The van der Waals surface area contributed by atoms with E-state index >= 15 is 0 Å². The molecule has 2 N–H and O–H groups in total. The number of nitrogens with one attached hydrogen (secondary N) is 1. The number of thioether (sulfide) groups is 1. The van der Waals surface area contributed by atoms with Crippen molar-refractivity contribution in [2.24, 2.45) is 30.9 Å². The lowest BCUT2D eigenvalue weighted by Crippen LogP contribution is -2.24. The maximum absolute atomic E-state index is 11.5. The van der Waals surface area contributed by atoms with Crippen LogP contribution in [-0.2, 0) is 10.1 Å². The van der Waals surface area contributed by atoms with Crippen LogP contribution in [0.2, 0.25) is 0 Å². The van der Waals surface area contributed by atoms with Crippen LogP contribution in [0.5, 0.6) is 11.5 Å². The van der Waals surface area contributed by atoms with Crippen molar-refractivity contribution in [1.82, 2.24) is 0 Å². The van der Waals surface area contributed by atoms with Crippen molar-refractivity contribution in [3.63, 3.8) is 0 Å². The Hall–Kier alpha value is -3.95. The third-order valence-electron chi connectivity index (χ3n) is 7.90. The minimum Gasteiger partial charge on any atom is -0.495 e. The van der Waals surface area contributed by atoms with E-state index in [0.29, 0.717) is 63.9 Å². The Morgan fingerprint density at radius 3 is 2.00 bits per heavy atom. The van der Waals surface area contributed by atoms with Crippen molar-refractivity contribution in [3.8, 4) is 11.5 Å². The largest absolute Gasteiger partial charge is 0.495 e. The van der Waals surface area contributed by atoms with E-state index in [2.05, 4.69) is 66.2 Å². The zero-order valence-corrected chi connectivity index (χ0v) is 30.6. The standard InChI is InChI=1S/C33H48N8O5S2/c1-10-40(11-2)27-18-25(23(34-6)20-29(27)45-8)36-31-15-14-22(5)32(39-33(38-31)47-16-17-48(42,43)44)37-26-19-28(41(12-3)13-4)30(46-9)21-24(26)35-7/h18-22H,6-7,10-17H2,1-5,8-9H3,(H,42,43,44)(H,36,37,38,39). The van der Waals surface area contributed by atoms with E-state index < -0.39 is 15.9 Å². The van der Waals surface area contributed by atoms with Gasteiger partial charge in [-0.1, -0.05) is 18.7 Å². The summed E-state index contributed by atoms with van der Waals surface area (Å²) in [5.41, 5.74) is 4.18. The molecule has 0 saturated heterocycles. The van der Waals surface area contributed by atoms with Crippen molar-refractivity contribution in [1.29, 1.82) is 0 Å². The lowest BCUT2D eigenvalue weighted by molar-refractivity contribution is 0.414. The summed E-state index contributed by atoms with van der Waals surface area (Å²) in [6.07, 6.45) is 1.18. The molecular weight excluding hydrogens is 653 g/mol. The van der Waals surface area contributed by atoms with Gasteiger partial charge < -0.3 is 24.6 Å². The Labute approximate surface area is 289 Å². The lowest BCUT2D eigenvalue weighted by atomic mass is 10.0. The fourth-order valence-corrected chi connectivity index (χ4v) is 6.89. The zero-order valence-electron chi connectivity index (χ0n) is 29.0. The maximum Gasteiger partial charge on any atom is 0.265 e. The van der Waals surface area contributed by atoms with Crippen molar-refractivity contribution in [2.75, 3.05) is 67.0 Å². The third-order valence-corrected chi connectivity index (χ3v) is 9.73. The first-order chi connectivity index (χ1) is 22.9. The number of hydrogen-bond acceptors (Lipinski definition) is 12. The molecular formula is C33H48N8O5S2. The zero-order chi connectivity index (χ0) is 35.4. The van der Waals surface area contributed by atoms with Gasteiger partial charge >= 0.3 is 0 Å². The van der Waals surface area contributed by atoms with E-state index in [0.717, 1.165) is 49.3 Å². The highest BCUT2D eigenvalue weighted by atomic mass is 32.2. The number of amidine groups is 3. The number of nitrogens with zero attached hydrogens (tertiary/aromatic N) is 7. The monoisotopic (exact) mass is 700 g/mol.